The number of methoxy groups -OCH3 is 1. The van der Waals surface area contributed by atoms with Crippen molar-refractivity contribution in [3.63, 3.8) is 0 Å². The predicted octanol–water partition coefficient (Wildman–Crippen LogP) is 6.56. The van der Waals surface area contributed by atoms with Crippen molar-refractivity contribution in [3.8, 4) is 34.4 Å². The minimum Gasteiger partial charge on any atom is -0.493 e. The lowest BCUT2D eigenvalue weighted by molar-refractivity contribution is 0.101. The van der Waals surface area contributed by atoms with Gasteiger partial charge in [0.15, 0.2) is 34.5 Å². The first kappa shape index (κ1) is 34.2. The molecule has 3 heterocycles. The number of nitrogens with zero attached hydrogens (tertiary/aromatic N) is 5. The van der Waals surface area contributed by atoms with Crippen LogP contribution in [0.2, 0.25) is 0 Å². The second-order valence-electron chi connectivity index (χ2n) is 12.9. The number of hydrogen-bond donors (Lipinski definition) is 1. The summed E-state index contributed by atoms with van der Waals surface area (Å²) in [5.41, 5.74) is 1.38. The molecule has 1 N–H and O–H groups in total. The Morgan fingerprint density at radius 3 is 2.45 bits per heavy atom. The van der Waals surface area contributed by atoms with Crippen LogP contribution < -0.4 is 24.3 Å². The number of likely N-dealkylation sites (N-methyl/N-ethyl adjacent to an activating group) is 1. The fourth-order valence-corrected chi connectivity index (χ4v) is 5.84. The molecule has 0 atom stereocenters. The molecule has 2 fully saturated rings. The van der Waals surface area contributed by atoms with Crippen molar-refractivity contribution in [1.29, 1.82) is 0 Å². The Hall–Kier alpha value is -5.27. The van der Waals surface area contributed by atoms with Crippen LogP contribution in [0.1, 0.15) is 29.8 Å². The molecule has 1 aliphatic heterocycles. The van der Waals surface area contributed by atoms with Gasteiger partial charge in [-0.1, -0.05) is 0 Å². The van der Waals surface area contributed by atoms with E-state index in [0.29, 0.717) is 53.0 Å². The highest BCUT2D eigenvalue weighted by Gasteiger charge is 2.25. The van der Waals surface area contributed by atoms with Crippen LogP contribution in [-0.4, -0.2) is 90.6 Å². The van der Waals surface area contributed by atoms with Crippen LogP contribution in [-0.2, 0) is 0 Å². The molecule has 2 aliphatic rings. The van der Waals surface area contributed by atoms with Crippen molar-refractivity contribution in [1.82, 2.24) is 24.6 Å². The van der Waals surface area contributed by atoms with Crippen molar-refractivity contribution < 1.29 is 32.5 Å². The van der Waals surface area contributed by atoms with Crippen LogP contribution in [0.25, 0.3) is 16.6 Å². The topological polar surface area (TPSA) is 103 Å². The fraction of sp³-hybridized carbons (Fsp3) is 0.342. The quantitative estimate of drug-likeness (QED) is 0.129. The SMILES string of the molecule is COc1cc2c(Oc3ccc(NC(=O)c4nn(-c5ccc(F)cc5)cc4OCC4CC4)cc3F)ccnc2cc1OCCCN1CCN(C)CC1. The molecule has 1 saturated heterocycles. The van der Waals surface area contributed by atoms with Crippen molar-refractivity contribution >= 4 is 22.5 Å². The van der Waals surface area contributed by atoms with Crippen LogP contribution in [0.5, 0.6) is 28.7 Å². The van der Waals surface area contributed by atoms with Gasteiger partial charge in [0, 0.05) is 62.1 Å². The highest BCUT2D eigenvalue weighted by Crippen LogP contribution is 2.38. The molecule has 3 aromatic carbocycles. The number of aromatic nitrogens is 3. The van der Waals surface area contributed by atoms with Crippen molar-refractivity contribution in [2.24, 2.45) is 5.92 Å². The van der Waals surface area contributed by atoms with E-state index >= 15 is 4.39 Å². The number of rotatable bonds is 14. The maximum Gasteiger partial charge on any atom is 0.280 e. The largest absolute Gasteiger partial charge is 0.493 e. The van der Waals surface area contributed by atoms with E-state index < -0.39 is 11.7 Å². The molecule has 0 unspecified atom stereocenters. The lowest BCUT2D eigenvalue weighted by atomic mass is 10.1. The van der Waals surface area contributed by atoms with Crippen molar-refractivity contribution in [2.75, 3.05) is 65.4 Å². The molecule has 0 bridgehead atoms. The Morgan fingerprint density at radius 2 is 1.71 bits per heavy atom. The van der Waals surface area contributed by atoms with Crippen molar-refractivity contribution in [3.05, 3.63) is 90.4 Å². The Kier molecular flexibility index (Phi) is 10.3. The van der Waals surface area contributed by atoms with E-state index in [4.69, 9.17) is 18.9 Å². The third kappa shape index (κ3) is 8.38. The van der Waals surface area contributed by atoms with E-state index in [1.807, 2.05) is 0 Å². The molecule has 5 aromatic rings. The van der Waals surface area contributed by atoms with Gasteiger partial charge in [-0.2, -0.15) is 5.10 Å². The zero-order valence-electron chi connectivity index (χ0n) is 28.6. The van der Waals surface area contributed by atoms with Gasteiger partial charge in [0.25, 0.3) is 5.91 Å². The number of anilines is 1. The van der Waals surface area contributed by atoms with Gasteiger partial charge < -0.3 is 34.1 Å². The zero-order valence-corrected chi connectivity index (χ0v) is 28.6. The molecule has 1 amide bonds. The van der Waals surface area contributed by atoms with Gasteiger partial charge in [-0.3, -0.25) is 9.78 Å². The third-order valence-electron chi connectivity index (χ3n) is 9.03. The van der Waals surface area contributed by atoms with Gasteiger partial charge in [0.1, 0.15) is 11.6 Å². The highest BCUT2D eigenvalue weighted by molar-refractivity contribution is 6.04. The molecule has 266 valence electrons. The summed E-state index contributed by atoms with van der Waals surface area (Å²) in [7, 11) is 3.71. The number of nitrogens with one attached hydrogen (secondary N) is 1. The van der Waals surface area contributed by atoms with Crippen LogP contribution in [0.4, 0.5) is 14.5 Å². The van der Waals surface area contributed by atoms with Gasteiger partial charge >= 0.3 is 0 Å². The molecular formula is C38H40F2N6O5. The number of halogens is 2. The molecule has 51 heavy (non-hydrogen) atoms. The molecule has 0 radical (unpaired) electrons. The third-order valence-corrected chi connectivity index (χ3v) is 9.03. The number of piperazine rings is 1. The summed E-state index contributed by atoms with van der Waals surface area (Å²) in [5.74, 6) is 0.477. The summed E-state index contributed by atoms with van der Waals surface area (Å²) < 4.78 is 54.1. The second-order valence-corrected chi connectivity index (χ2v) is 12.9. The minimum absolute atomic E-state index is 0.0243. The minimum atomic E-state index is -0.688. The molecule has 13 heteroatoms. The van der Waals surface area contributed by atoms with Gasteiger partial charge in [0.05, 0.1) is 37.7 Å². The maximum absolute atomic E-state index is 15.5. The number of benzene rings is 3. The monoisotopic (exact) mass is 698 g/mol. The molecule has 1 saturated carbocycles. The summed E-state index contributed by atoms with van der Waals surface area (Å²) in [5, 5.41) is 7.72. The number of amides is 1. The van der Waals surface area contributed by atoms with Gasteiger partial charge in [-0.15, -0.1) is 0 Å². The van der Waals surface area contributed by atoms with E-state index in [1.54, 1.807) is 49.8 Å². The van der Waals surface area contributed by atoms with E-state index in [0.717, 1.165) is 52.0 Å². The summed E-state index contributed by atoms with van der Waals surface area (Å²) in [6.07, 6.45) is 6.18. The highest BCUT2D eigenvalue weighted by atomic mass is 19.1. The number of ether oxygens (including phenoxy) is 4. The van der Waals surface area contributed by atoms with E-state index in [1.165, 1.54) is 35.0 Å². The number of hydrogen-bond acceptors (Lipinski definition) is 9. The zero-order chi connectivity index (χ0) is 35.3. The smallest absolute Gasteiger partial charge is 0.280 e. The maximum atomic E-state index is 15.5. The predicted molar refractivity (Wildman–Crippen MR) is 189 cm³/mol. The number of carbonyl (C=O) groups excluding carboxylic acids is 1. The summed E-state index contributed by atoms with van der Waals surface area (Å²) in [6, 6.07) is 15.1. The number of fused-ring (bicyclic) bond motifs is 1. The summed E-state index contributed by atoms with van der Waals surface area (Å²) in [4.78, 5) is 22.6. The van der Waals surface area contributed by atoms with E-state index in [2.05, 4.69) is 32.2 Å². The first-order valence-corrected chi connectivity index (χ1v) is 17.1. The number of carbonyl (C=O) groups is 1. The molecular weight excluding hydrogens is 658 g/mol. The Balaban J connectivity index is 1.03. The first-order valence-electron chi connectivity index (χ1n) is 17.1. The average Bonchev–Trinajstić information content (AvgIpc) is 3.87. The summed E-state index contributed by atoms with van der Waals surface area (Å²) >= 11 is 0. The molecule has 11 nitrogen and oxygen atoms in total. The van der Waals surface area contributed by atoms with Crippen LogP contribution in [0, 0.1) is 17.6 Å². The molecule has 1 aliphatic carbocycles. The normalized spacial score (nSPS) is 15.1. The van der Waals surface area contributed by atoms with Crippen LogP contribution >= 0.6 is 0 Å². The van der Waals surface area contributed by atoms with Gasteiger partial charge in [0.2, 0.25) is 0 Å². The Labute approximate surface area is 294 Å². The average molecular weight is 699 g/mol. The molecule has 2 aromatic heterocycles. The van der Waals surface area contributed by atoms with Crippen LogP contribution in [0.3, 0.4) is 0 Å². The van der Waals surface area contributed by atoms with Crippen molar-refractivity contribution in [2.45, 2.75) is 19.3 Å². The van der Waals surface area contributed by atoms with Crippen LogP contribution in [0.15, 0.2) is 73.1 Å². The Morgan fingerprint density at radius 1 is 0.902 bits per heavy atom. The molecule has 7 rings (SSSR count). The van der Waals surface area contributed by atoms with E-state index in [-0.39, 0.29) is 28.7 Å². The van der Waals surface area contributed by atoms with E-state index in [9.17, 15) is 9.18 Å². The fourth-order valence-electron chi connectivity index (χ4n) is 5.84. The lowest BCUT2D eigenvalue weighted by Gasteiger charge is -2.32. The summed E-state index contributed by atoms with van der Waals surface area (Å²) in [6.45, 7) is 6.22. The Bertz CT molecular complexity index is 1990. The van der Waals surface area contributed by atoms with Gasteiger partial charge in [-0.25, -0.2) is 13.5 Å². The number of pyridine rings is 1. The first-order chi connectivity index (χ1) is 24.8. The molecule has 0 spiro atoms. The second kappa shape index (κ2) is 15.3. The van der Waals surface area contributed by atoms with Gasteiger partial charge in [-0.05, 0) is 80.8 Å². The lowest BCUT2D eigenvalue weighted by Crippen LogP contribution is -2.44. The standard InChI is InChI=1S/C38H40F2N6O5/c1-44-15-17-45(18-16-44)14-3-19-49-35-22-31-29(21-34(35)48-2)32(12-13-41-31)51-33-11-8-27(20-30(33)40)42-38(47)37-36(50-24-25-4-5-25)23-46(43-37)28-9-6-26(39)7-10-28/h6-13,20-23,25H,3-5,14-19,24H2,1-2H3,(H,42,47).